The number of nitrogens with zero attached hydrogens (tertiary/aromatic N) is 6. The van der Waals surface area contributed by atoms with Crippen molar-refractivity contribution in [1.29, 1.82) is 0 Å². The molecule has 13 nitrogen and oxygen atoms in total. The van der Waals surface area contributed by atoms with E-state index in [1.54, 1.807) is 0 Å². The molecule has 1 amide bonds. The molecule has 14 heteroatoms. The summed E-state index contributed by atoms with van der Waals surface area (Å²) in [7, 11) is 0. The Balaban J connectivity index is 0.000000142. The predicted octanol–water partition coefficient (Wildman–Crippen LogP) is 10.5. The number of fused-ring (bicyclic) bond motifs is 2. The lowest BCUT2D eigenvalue weighted by Gasteiger charge is -2.54. The van der Waals surface area contributed by atoms with Crippen molar-refractivity contribution in [1.82, 2.24) is 34.7 Å². The molecule has 3 saturated heterocycles. The van der Waals surface area contributed by atoms with Crippen LogP contribution in [0.15, 0.2) is 63.6 Å². The topological polar surface area (TPSA) is 152 Å². The van der Waals surface area contributed by atoms with Gasteiger partial charge >= 0.3 is 0 Å². The van der Waals surface area contributed by atoms with Gasteiger partial charge in [0.25, 0.3) is 0 Å². The van der Waals surface area contributed by atoms with Crippen LogP contribution in [0.1, 0.15) is 127 Å². The van der Waals surface area contributed by atoms with Gasteiger partial charge in [-0.05, 0) is 126 Å². The highest BCUT2D eigenvalue weighted by atomic mass is 35.5. The van der Waals surface area contributed by atoms with Crippen LogP contribution < -0.4 is 5.32 Å². The number of nitrogens with one attached hydrogen (secondary N) is 1. The largest absolute Gasteiger partial charge is 0.380 e. The minimum Gasteiger partial charge on any atom is -0.380 e. The van der Waals surface area contributed by atoms with Crippen LogP contribution in [0, 0.1) is 45.4 Å². The number of amides is 1. The first-order valence-corrected chi connectivity index (χ1v) is 23.9. The van der Waals surface area contributed by atoms with E-state index in [9.17, 15) is 9.59 Å². The number of aromatic nitrogens is 6. The number of ether oxygens (including phenoxy) is 2. The van der Waals surface area contributed by atoms with Gasteiger partial charge in [-0.3, -0.25) is 9.59 Å². The van der Waals surface area contributed by atoms with Crippen molar-refractivity contribution in [3.8, 4) is 22.3 Å². The molecule has 7 aromatic rings. The SMILES string of the molecule is Cc1ccc(C2C(=O)CC[C@H]2c2nc3cc(-c4c(C)noc4C)ccc3n2C2CC3(COC3)C2)cc1Cl.Cc1noc(C)c1-c1ccc2c(c1)nc([C@@H]1CCC(=O)N1)n2C1CC2(COC2)C1. The Bertz CT molecular complexity index is 3060. The highest BCUT2D eigenvalue weighted by Gasteiger charge is 2.53. The van der Waals surface area contributed by atoms with Gasteiger partial charge in [0, 0.05) is 57.8 Å². The van der Waals surface area contributed by atoms with Gasteiger partial charge in [-0.15, -0.1) is 0 Å². The number of carbonyl (C=O) groups excluding carboxylic acids is 2. The van der Waals surface area contributed by atoms with Crippen molar-refractivity contribution in [3.05, 3.63) is 105 Å². The molecule has 3 aromatic carbocycles. The molecule has 3 aliphatic carbocycles. The summed E-state index contributed by atoms with van der Waals surface area (Å²) in [5, 5.41) is 12.1. The third kappa shape index (κ3) is 6.70. The van der Waals surface area contributed by atoms with Gasteiger partial charge in [0.1, 0.15) is 29.0 Å². The summed E-state index contributed by atoms with van der Waals surface area (Å²) in [6, 6.07) is 19.7. The first-order valence-electron chi connectivity index (χ1n) is 23.5. The lowest BCUT2D eigenvalue weighted by Crippen LogP contribution is -2.52. The fourth-order valence-electron chi connectivity index (χ4n) is 12.3. The van der Waals surface area contributed by atoms with Crippen LogP contribution in [0.5, 0.6) is 0 Å². The molecule has 1 N–H and O–H groups in total. The monoisotopic (exact) mass is 907 g/mol. The number of carbonyl (C=O) groups is 2. The van der Waals surface area contributed by atoms with Crippen molar-refractivity contribution in [2.45, 2.75) is 116 Å². The third-order valence-corrected chi connectivity index (χ3v) is 16.2. The third-order valence-electron chi connectivity index (χ3n) is 15.8. The minimum absolute atomic E-state index is 0.00777. The summed E-state index contributed by atoms with van der Waals surface area (Å²) in [5.41, 5.74) is 12.8. The maximum absolute atomic E-state index is 13.3. The zero-order valence-corrected chi connectivity index (χ0v) is 38.8. The zero-order valence-electron chi connectivity index (χ0n) is 38.1. The minimum atomic E-state index is -0.225. The molecule has 3 atom stereocenters. The molecule has 66 heavy (non-hydrogen) atoms. The number of hydrogen-bond donors (Lipinski definition) is 1. The second-order valence-corrected chi connectivity index (χ2v) is 20.8. The van der Waals surface area contributed by atoms with Gasteiger partial charge in [-0.1, -0.05) is 46.2 Å². The molecule has 3 aliphatic heterocycles. The van der Waals surface area contributed by atoms with Gasteiger partial charge in [-0.2, -0.15) is 0 Å². The summed E-state index contributed by atoms with van der Waals surface area (Å²) in [6.07, 6.45) is 7.18. The van der Waals surface area contributed by atoms with Gasteiger partial charge in [0.2, 0.25) is 5.91 Å². The van der Waals surface area contributed by atoms with Gasteiger partial charge in [-0.25, -0.2) is 9.97 Å². The van der Waals surface area contributed by atoms with E-state index in [1.165, 1.54) is 0 Å². The number of ketones is 1. The maximum atomic E-state index is 13.3. The van der Waals surface area contributed by atoms with E-state index in [0.29, 0.717) is 40.8 Å². The number of imidazole rings is 2. The summed E-state index contributed by atoms with van der Waals surface area (Å²) in [5.74, 6) is 3.82. The van der Waals surface area contributed by atoms with Gasteiger partial charge in [0.15, 0.2) is 0 Å². The molecule has 3 saturated carbocycles. The van der Waals surface area contributed by atoms with Crippen molar-refractivity contribution in [2.24, 2.45) is 10.8 Å². The Morgan fingerprint density at radius 2 is 1.21 bits per heavy atom. The van der Waals surface area contributed by atoms with E-state index in [1.807, 2.05) is 46.8 Å². The zero-order chi connectivity index (χ0) is 45.2. The van der Waals surface area contributed by atoms with Gasteiger partial charge < -0.3 is 33.0 Å². The van der Waals surface area contributed by atoms with E-state index in [2.05, 4.69) is 67.2 Å². The van der Waals surface area contributed by atoms with E-state index in [0.717, 1.165) is 155 Å². The van der Waals surface area contributed by atoms with Crippen LogP contribution in [0.3, 0.4) is 0 Å². The standard InChI is InChI=1S/C30H30ClN3O3.C22H24N4O3/c1-16-4-5-19(10-23(16)31)28-22(7-9-26(28)35)29-32-24-11-20(27-17(2)33-37-18(27)3)6-8-25(24)34(29)21-12-30(13-21)14-36-15-30;1-12-20(13(2)29-25-12)14-3-5-18-17(7-14)24-21(16-4-6-19(27)23-16)26(18)15-8-22(9-15)10-28-11-22/h4-6,8,10-11,21-22,28H,7,9,12-15H2,1-3H3;3,5,7,15-16H,4,6,8-11H2,1-2H3,(H,23,27)/t22-,28?;16-/m10/s1. The Morgan fingerprint density at radius 3 is 1.68 bits per heavy atom. The van der Waals surface area contributed by atoms with Crippen LogP contribution >= 0.6 is 11.6 Å². The van der Waals surface area contributed by atoms with Crippen molar-refractivity contribution in [2.75, 3.05) is 26.4 Å². The van der Waals surface area contributed by atoms with Crippen LogP contribution in [0.25, 0.3) is 44.3 Å². The van der Waals surface area contributed by atoms with Crippen molar-refractivity contribution < 1.29 is 28.1 Å². The van der Waals surface area contributed by atoms with Crippen molar-refractivity contribution >= 4 is 45.4 Å². The van der Waals surface area contributed by atoms with Crippen LogP contribution in [0.4, 0.5) is 0 Å². The average Bonchev–Trinajstić information content (AvgIpc) is 4.10. The Hall–Kier alpha value is -5.63. The Kier molecular flexibility index (Phi) is 9.79. The second-order valence-electron chi connectivity index (χ2n) is 20.4. The molecule has 2 spiro atoms. The summed E-state index contributed by atoms with van der Waals surface area (Å²) in [4.78, 5) is 35.4. The Morgan fingerprint density at radius 1 is 0.667 bits per heavy atom. The van der Waals surface area contributed by atoms with Crippen LogP contribution in [0.2, 0.25) is 5.02 Å². The van der Waals surface area contributed by atoms with E-state index >= 15 is 0 Å². The molecule has 4 aromatic heterocycles. The van der Waals surface area contributed by atoms with Gasteiger partial charge in [0.05, 0.1) is 71.8 Å². The van der Waals surface area contributed by atoms with E-state index in [4.69, 9.17) is 40.1 Å². The second kappa shape index (κ2) is 15.5. The number of halogens is 1. The lowest BCUT2D eigenvalue weighted by atomic mass is 9.64. The quantitative estimate of drug-likeness (QED) is 0.164. The predicted molar refractivity (Wildman–Crippen MR) is 248 cm³/mol. The molecule has 0 bridgehead atoms. The number of benzene rings is 3. The Labute approximate surface area is 387 Å². The fraction of sp³-hybridized carbons (Fsp3) is 0.462. The number of rotatable bonds is 7. The van der Waals surface area contributed by atoms with Crippen LogP contribution in [-0.4, -0.2) is 67.5 Å². The normalized spacial score (nSPS) is 24.0. The first kappa shape index (κ1) is 41.8. The fourth-order valence-corrected chi connectivity index (χ4v) is 12.4. The highest BCUT2D eigenvalue weighted by Crippen LogP contribution is 2.57. The first-order chi connectivity index (χ1) is 31.9. The molecule has 1 unspecified atom stereocenters. The molecule has 7 heterocycles. The molecular weight excluding hydrogens is 854 g/mol. The van der Waals surface area contributed by atoms with E-state index < -0.39 is 0 Å². The van der Waals surface area contributed by atoms with E-state index in [-0.39, 0.29) is 29.6 Å². The van der Waals surface area contributed by atoms with Crippen molar-refractivity contribution in [3.63, 3.8) is 0 Å². The number of hydrogen-bond acceptors (Lipinski definition) is 10. The average molecular weight is 908 g/mol. The molecule has 13 rings (SSSR count). The smallest absolute Gasteiger partial charge is 0.220 e. The summed E-state index contributed by atoms with van der Waals surface area (Å²) >= 11 is 6.50. The number of aryl methyl sites for hydroxylation is 5. The lowest BCUT2D eigenvalue weighted by molar-refractivity contribution is -0.174. The molecule has 340 valence electrons. The number of Topliss-reactive ketones (excluding diaryl/α,β-unsaturated/α-hetero) is 1. The molecule has 0 radical (unpaired) electrons. The van der Waals surface area contributed by atoms with Crippen LogP contribution in [-0.2, 0) is 19.1 Å². The molecule has 6 fully saturated rings. The molecular formula is C52H54ClN7O6. The molecule has 6 aliphatic rings. The summed E-state index contributed by atoms with van der Waals surface area (Å²) < 4.78 is 26.6. The highest BCUT2D eigenvalue weighted by molar-refractivity contribution is 6.31. The maximum Gasteiger partial charge on any atom is 0.220 e. The summed E-state index contributed by atoms with van der Waals surface area (Å²) in [6.45, 7) is 13.3.